The second-order valence-electron chi connectivity index (χ2n) is 4.49. The highest BCUT2D eigenvalue weighted by atomic mass is 35.5. The molecule has 0 unspecified atom stereocenters. The quantitative estimate of drug-likeness (QED) is 0.820. The SMILES string of the molecule is O=C(CCSc1ccc(Cl)cc1)NC[C@H]1CCCO1. The molecule has 1 amide bonds. The average Bonchev–Trinajstić information content (AvgIpc) is 2.92. The molecule has 1 heterocycles. The van der Waals surface area contributed by atoms with Gasteiger partial charge in [0.05, 0.1) is 6.10 Å². The predicted octanol–water partition coefficient (Wildman–Crippen LogP) is 3.12. The summed E-state index contributed by atoms with van der Waals surface area (Å²) < 4.78 is 5.46. The molecule has 5 heteroatoms. The lowest BCUT2D eigenvalue weighted by molar-refractivity contribution is -0.121. The van der Waals surface area contributed by atoms with Gasteiger partial charge in [0.1, 0.15) is 0 Å². The summed E-state index contributed by atoms with van der Waals surface area (Å²) in [7, 11) is 0. The molecule has 1 aromatic rings. The molecule has 104 valence electrons. The highest BCUT2D eigenvalue weighted by molar-refractivity contribution is 7.99. The minimum absolute atomic E-state index is 0.0944. The Labute approximate surface area is 123 Å². The third-order valence-corrected chi connectivity index (χ3v) is 4.23. The lowest BCUT2D eigenvalue weighted by atomic mass is 10.2. The van der Waals surface area contributed by atoms with Crippen LogP contribution in [0.5, 0.6) is 0 Å². The van der Waals surface area contributed by atoms with Gasteiger partial charge in [0.25, 0.3) is 0 Å². The van der Waals surface area contributed by atoms with E-state index in [1.807, 2.05) is 24.3 Å². The van der Waals surface area contributed by atoms with E-state index >= 15 is 0 Å². The van der Waals surface area contributed by atoms with Crippen LogP contribution in [0.2, 0.25) is 5.02 Å². The Kier molecular flexibility index (Phi) is 6.01. The average molecular weight is 300 g/mol. The van der Waals surface area contributed by atoms with Gasteiger partial charge >= 0.3 is 0 Å². The monoisotopic (exact) mass is 299 g/mol. The molecular formula is C14H18ClNO2S. The first-order valence-corrected chi connectivity index (χ1v) is 7.87. The fourth-order valence-electron chi connectivity index (χ4n) is 1.91. The smallest absolute Gasteiger partial charge is 0.220 e. The number of thioether (sulfide) groups is 1. The highest BCUT2D eigenvalue weighted by Gasteiger charge is 2.15. The molecule has 2 rings (SSSR count). The lowest BCUT2D eigenvalue weighted by Crippen LogP contribution is -2.31. The third-order valence-electron chi connectivity index (χ3n) is 2.96. The maximum Gasteiger partial charge on any atom is 0.220 e. The summed E-state index contributed by atoms with van der Waals surface area (Å²) in [6.07, 6.45) is 2.90. The van der Waals surface area contributed by atoms with Crippen LogP contribution in [0.25, 0.3) is 0 Å². The Morgan fingerprint density at radius 3 is 2.89 bits per heavy atom. The summed E-state index contributed by atoms with van der Waals surface area (Å²) in [5, 5.41) is 3.66. The molecule has 0 bridgehead atoms. The molecule has 1 saturated heterocycles. The molecular weight excluding hydrogens is 282 g/mol. The zero-order valence-electron chi connectivity index (χ0n) is 10.7. The predicted molar refractivity (Wildman–Crippen MR) is 78.8 cm³/mol. The van der Waals surface area contributed by atoms with E-state index in [-0.39, 0.29) is 12.0 Å². The van der Waals surface area contributed by atoms with Crippen molar-refractivity contribution in [3.05, 3.63) is 29.3 Å². The first kappa shape index (κ1) is 14.7. The van der Waals surface area contributed by atoms with Gasteiger partial charge in [-0.2, -0.15) is 0 Å². The molecule has 0 spiro atoms. The van der Waals surface area contributed by atoms with E-state index in [1.54, 1.807) is 11.8 Å². The van der Waals surface area contributed by atoms with Crippen molar-refractivity contribution in [2.75, 3.05) is 18.9 Å². The van der Waals surface area contributed by atoms with Crippen molar-refractivity contribution in [2.24, 2.45) is 0 Å². The molecule has 3 nitrogen and oxygen atoms in total. The van der Waals surface area contributed by atoms with Crippen molar-refractivity contribution in [1.29, 1.82) is 0 Å². The van der Waals surface area contributed by atoms with Crippen molar-refractivity contribution in [3.8, 4) is 0 Å². The van der Waals surface area contributed by atoms with Crippen molar-refractivity contribution in [2.45, 2.75) is 30.3 Å². The number of halogens is 1. The van der Waals surface area contributed by atoms with E-state index in [4.69, 9.17) is 16.3 Å². The van der Waals surface area contributed by atoms with Gasteiger partial charge < -0.3 is 10.1 Å². The summed E-state index contributed by atoms with van der Waals surface area (Å²) in [6, 6.07) is 7.66. The Balaban J connectivity index is 1.59. The van der Waals surface area contributed by atoms with E-state index in [2.05, 4.69) is 5.32 Å². The first-order chi connectivity index (χ1) is 9.24. The lowest BCUT2D eigenvalue weighted by Gasteiger charge is -2.10. The molecule has 1 aromatic carbocycles. The Hall–Kier alpha value is -0.710. The molecule has 0 saturated carbocycles. The molecule has 1 aliphatic rings. The maximum atomic E-state index is 11.6. The number of rotatable bonds is 6. The molecule has 1 aliphatic heterocycles. The molecule has 19 heavy (non-hydrogen) atoms. The van der Waals surface area contributed by atoms with Crippen LogP contribution in [0.4, 0.5) is 0 Å². The number of nitrogens with one attached hydrogen (secondary N) is 1. The summed E-state index contributed by atoms with van der Waals surface area (Å²) in [5.74, 6) is 0.871. The number of carbonyl (C=O) groups is 1. The van der Waals surface area contributed by atoms with Crippen molar-refractivity contribution < 1.29 is 9.53 Å². The van der Waals surface area contributed by atoms with Gasteiger partial charge in [-0.05, 0) is 37.1 Å². The second-order valence-corrected chi connectivity index (χ2v) is 6.10. The second kappa shape index (κ2) is 7.78. The molecule has 1 atom stereocenters. The van der Waals surface area contributed by atoms with Crippen LogP contribution in [0.3, 0.4) is 0 Å². The zero-order valence-corrected chi connectivity index (χ0v) is 12.3. The van der Waals surface area contributed by atoms with Gasteiger partial charge in [-0.1, -0.05) is 11.6 Å². The number of benzene rings is 1. The van der Waals surface area contributed by atoms with Gasteiger partial charge in [0, 0.05) is 35.2 Å². The third kappa shape index (κ3) is 5.43. The van der Waals surface area contributed by atoms with Crippen LogP contribution in [0.15, 0.2) is 29.2 Å². The Bertz CT molecular complexity index is 404. The number of amides is 1. The van der Waals surface area contributed by atoms with Gasteiger partial charge in [0.15, 0.2) is 0 Å². The van der Waals surface area contributed by atoms with Crippen LogP contribution in [0, 0.1) is 0 Å². The van der Waals surface area contributed by atoms with Gasteiger partial charge in [0.2, 0.25) is 5.91 Å². The summed E-state index contributed by atoms with van der Waals surface area (Å²) in [5.41, 5.74) is 0. The van der Waals surface area contributed by atoms with Crippen molar-refractivity contribution in [3.63, 3.8) is 0 Å². The van der Waals surface area contributed by atoms with Crippen molar-refractivity contribution >= 4 is 29.3 Å². The van der Waals surface area contributed by atoms with E-state index in [0.29, 0.717) is 13.0 Å². The fraction of sp³-hybridized carbons (Fsp3) is 0.500. The van der Waals surface area contributed by atoms with Crippen LogP contribution in [-0.4, -0.2) is 30.9 Å². The van der Waals surface area contributed by atoms with E-state index in [9.17, 15) is 4.79 Å². The van der Waals surface area contributed by atoms with Gasteiger partial charge in [-0.3, -0.25) is 4.79 Å². The Morgan fingerprint density at radius 2 is 2.21 bits per heavy atom. The van der Waals surface area contributed by atoms with Crippen LogP contribution < -0.4 is 5.32 Å². The molecule has 0 aromatic heterocycles. The normalized spacial score (nSPS) is 18.5. The summed E-state index contributed by atoms with van der Waals surface area (Å²) >= 11 is 7.48. The van der Waals surface area contributed by atoms with Gasteiger partial charge in [-0.25, -0.2) is 0 Å². The standard InChI is InChI=1S/C14H18ClNO2S/c15-11-3-5-13(6-4-11)19-9-7-14(17)16-10-12-2-1-8-18-12/h3-6,12H,1-2,7-10H2,(H,16,17)/t12-/m1/s1. The fourth-order valence-corrected chi connectivity index (χ4v) is 2.89. The zero-order chi connectivity index (χ0) is 13.5. The van der Waals surface area contributed by atoms with Gasteiger partial charge in [-0.15, -0.1) is 11.8 Å². The van der Waals surface area contributed by atoms with E-state index in [0.717, 1.165) is 35.1 Å². The van der Waals surface area contributed by atoms with E-state index in [1.165, 1.54) is 0 Å². The summed E-state index contributed by atoms with van der Waals surface area (Å²) in [4.78, 5) is 12.8. The number of hydrogen-bond donors (Lipinski definition) is 1. The minimum atomic E-state index is 0.0944. The molecule has 1 fully saturated rings. The topological polar surface area (TPSA) is 38.3 Å². The van der Waals surface area contributed by atoms with Crippen LogP contribution in [-0.2, 0) is 9.53 Å². The first-order valence-electron chi connectivity index (χ1n) is 6.51. The number of ether oxygens (including phenoxy) is 1. The highest BCUT2D eigenvalue weighted by Crippen LogP contribution is 2.20. The largest absolute Gasteiger partial charge is 0.376 e. The Morgan fingerprint density at radius 1 is 1.42 bits per heavy atom. The molecule has 0 radical (unpaired) electrons. The van der Waals surface area contributed by atoms with Crippen LogP contribution in [0.1, 0.15) is 19.3 Å². The number of carbonyl (C=O) groups excluding carboxylic acids is 1. The van der Waals surface area contributed by atoms with Crippen molar-refractivity contribution in [1.82, 2.24) is 5.32 Å². The molecule has 1 N–H and O–H groups in total. The number of hydrogen-bond acceptors (Lipinski definition) is 3. The summed E-state index contributed by atoms with van der Waals surface area (Å²) in [6.45, 7) is 1.47. The van der Waals surface area contributed by atoms with Crippen LogP contribution >= 0.6 is 23.4 Å². The maximum absolute atomic E-state index is 11.6. The minimum Gasteiger partial charge on any atom is -0.376 e. The van der Waals surface area contributed by atoms with E-state index < -0.39 is 0 Å². The molecule has 0 aliphatic carbocycles.